The highest BCUT2D eigenvalue weighted by molar-refractivity contribution is 6.19. The fourth-order valence-electron chi connectivity index (χ4n) is 9.83. The van der Waals surface area contributed by atoms with Gasteiger partial charge in [0.1, 0.15) is 0 Å². The van der Waals surface area contributed by atoms with Crippen LogP contribution >= 0.6 is 0 Å². The van der Waals surface area contributed by atoms with Crippen molar-refractivity contribution in [3.8, 4) is 89.9 Å². The summed E-state index contributed by atoms with van der Waals surface area (Å²) in [5.41, 5.74) is 18.0. The van der Waals surface area contributed by atoms with Gasteiger partial charge in [-0.2, -0.15) is 0 Å². The van der Waals surface area contributed by atoms with Crippen molar-refractivity contribution in [2.24, 2.45) is 0 Å². The van der Waals surface area contributed by atoms with Crippen molar-refractivity contribution in [2.75, 3.05) is 0 Å². The van der Waals surface area contributed by atoms with Gasteiger partial charge in [-0.05, 0) is 56.1 Å². The highest BCUT2D eigenvalue weighted by Crippen LogP contribution is 2.49. The minimum atomic E-state index is -0.0612. The van der Waals surface area contributed by atoms with Gasteiger partial charge in [-0.15, -0.1) is 0 Å². The summed E-state index contributed by atoms with van der Waals surface area (Å²) in [4.78, 5) is 20.7. The molecule has 0 saturated heterocycles. The van der Waals surface area contributed by atoms with E-state index in [1.165, 1.54) is 44.3 Å². The number of pyridine rings is 1. The molecule has 0 amide bonds. The van der Waals surface area contributed by atoms with Crippen LogP contribution in [0.1, 0.15) is 25.0 Å². The first-order valence-electron chi connectivity index (χ1n) is 22.2. The Morgan fingerprint density at radius 3 is 1.38 bits per heavy atom. The third kappa shape index (κ3) is 6.61. The third-order valence-corrected chi connectivity index (χ3v) is 13.2. The smallest absolute Gasteiger partial charge is 0.164 e. The summed E-state index contributed by atoms with van der Waals surface area (Å²) in [5.74, 6) is 1.88. The molecule has 12 rings (SSSR count). The molecule has 0 atom stereocenters. The van der Waals surface area contributed by atoms with E-state index < -0.39 is 0 Å². The number of rotatable bonds is 7. The Morgan fingerprint density at radius 1 is 0.292 bits per heavy atom. The number of hydrogen-bond acceptors (Lipinski definition) is 4. The third-order valence-electron chi connectivity index (χ3n) is 13.2. The van der Waals surface area contributed by atoms with Gasteiger partial charge in [0.15, 0.2) is 17.5 Å². The summed E-state index contributed by atoms with van der Waals surface area (Å²) >= 11 is 0. The standard InChI is InChI=1S/C61H42N4/c1-61(2)53-27-13-12-22-49(53)50-37-36-46(38-54(50)61)39-28-32-44(33-29-39)59-63-58(43-20-10-5-11-21-43)64-60(65-59)45-34-30-41(31-35-45)48-24-15-26-52-55-47(40-16-6-3-7-17-40)23-14-25-51(55)56(62-57(48)52)42-18-8-4-9-19-42/h3-38H,1-2H3. The van der Waals surface area contributed by atoms with Crippen LogP contribution in [0.3, 0.4) is 0 Å². The summed E-state index contributed by atoms with van der Waals surface area (Å²) in [5, 5.41) is 3.44. The van der Waals surface area contributed by atoms with Crippen LogP contribution in [0.15, 0.2) is 218 Å². The lowest BCUT2D eigenvalue weighted by molar-refractivity contribution is 0.660. The zero-order valence-electron chi connectivity index (χ0n) is 36.1. The molecule has 1 aliphatic rings. The lowest BCUT2D eigenvalue weighted by Crippen LogP contribution is -2.14. The summed E-state index contributed by atoms with van der Waals surface area (Å²) in [6, 6.07) is 77.3. The molecule has 4 heteroatoms. The van der Waals surface area contributed by atoms with E-state index in [0.29, 0.717) is 17.5 Å². The molecule has 4 nitrogen and oxygen atoms in total. The van der Waals surface area contributed by atoms with Gasteiger partial charge in [-0.1, -0.05) is 226 Å². The van der Waals surface area contributed by atoms with Crippen LogP contribution in [0.2, 0.25) is 0 Å². The lowest BCUT2D eigenvalue weighted by Gasteiger charge is -2.22. The summed E-state index contributed by atoms with van der Waals surface area (Å²) < 4.78 is 0. The molecule has 0 fully saturated rings. The van der Waals surface area contributed by atoms with E-state index >= 15 is 0 Å². The van der Waals surface area contributed by atoms with Gasteiger partial charge in [-0.3, -0.25) is 0 Å². The van der Waals surface area contributed by atoms with Crippen LogP contribution < -0.4 is 0 Å². The Labute approximate surface area is 378 Å². The molecule has 65 heavy (non-hydrogen) atoms. The fourth-order valence-corrected chi connectivity index (χ4v) is 9.83. The number of hydrogen-bond donors (Lipinski definition) is 0. The monoisotopic (exact) mass is 830 g/mol. The number of fused-ring (bicyclic) bond motifs is 6. The molecule has 0 spiro atoms. The number of aromatic nitrogens is 4. The zero-order chi connectivity index (χ0) is 43.5. The van der Waals surface area contributed by atoms with Gasteiger partial charge in [0.25, 0.3) is 0 Å². The quantitative estimate of drug-likeness (QED) is 0.150. The number of para-hydroxylation sites is 1. The van der Waals surface area contributed by atoms with Crippen LogP contribution in [0.25, 0.3) is 112 Å². The molecule has 0 bridgehead atoms. The van der Waals surface area contributed by atoms with Gasteiger partial charge < -0.3 is 0 Å². The molecule has 9 aromatic carbocycles. The van der Waals surface area contributed by atoms with E-state index in [0.717, 1.165) is 60.9 Å². The Hall–Kier alpha value is -8.34. The first kappa shape index (κ1) is 38.3. The lowest BCUT2D eigenvalue weighted by atomic mass is 9.81. The molecule has 0 radical (unpaired) electrons. The topological polar surface area (TPSA) is 51.6 Å². The highest BCUT2D eigenvalue weighted by atomic mass is 15.0. The second-order valence-corrected chi connectivity index (χ2v) is 17.4. The van der Waals surface area contributed by atoms with Gasteiger partial charge in [0.05, 0.1) is 11.2 Å². The Kier molecular flexibility index (Phi) is 9.13. The van der Waals surface area contributed by atoms with Crippen molar-refractivity contribution in [1.82, 2.24) is 19.9 Å². The van der Waals surface area contributed by atoms with Crippen molar-refractivity contribution in [3.05, 3.63) is 230 Å². The molecule has 0 saturated carbocycles. The Balaban J connectivity index is 0.934. The van der Waals surface area contributed by atoms with Crippen molar-refractivity contribution >= 4 is 21.7 Å². The largest absolute Gasteiger partial charge is 0.246 e. The average Bonchev–Trinajstić information content (AvgIpc) is 3.61. The predicted molar refractivity (Wildman–Crippen MR) is 268 cm³/mol. The van der Waals surface area contributed by atoms with E-state index in [2.05, 4.69) is 202 Å². The molecule has 0 aliphatic heterocycles. The van der Waals surface area contributed by atoms with Crippen molar-refractivity contribution in [1.29, 1.82) is 0 Å². The number of nitrogens with zero attached hydrogens (tertiary/aromatic N) is 4. The minimum absolute atomic E-state index is 0.0612. The molecule has 2 aromatic heterocycles. The van der Waals surface area contributed by atoms with Crippen molar-refractivity contribution in [3.63, 3.8) is 0 Å². The Bertz CT molecular complexity index is 3580. The van der Waals surface area contributed by atoms with Gasteiger partial charge in [0, 0.05) is 49.4 Å². The van der Waals surface area contributed by atoms with Crippen molar-refractivity contribution in [2.45, 2.75) is 19.3 Å². The van der Waals surface area contributed by atoms with E-state index in [4.69, 9.17) is 19.9 Å². The maximum atomic E-state index is 5.48. The van der Waals surface area contributed by atoms with Crippen LogP contribution in [-0.2, 0) is 5.41 Å². The molecular formula is C61H42N4. The van der Waals surface area contributed by atoms with Gasteiger partial charge in [-0.25, -0.2) is 19.9 Å². The molecular weight excluding hydrogens is 789 g/mol. The zero-order valence-corrected chi connectivity index (χ0v) is 36.1. The van der Waals surface area contributed by atoms with E-state index in [1.54, 1.807) is 0 Å². The van der Waals surface area contributed by atoms with Crippen LogP contribution in [-0.4, -0.2) is 19.9 Å². The highest BCUT2D eigenvalue weighted by Gasteiger charge is 2.35. The van der Waals surface area contributed by atoms with Crippen LogP contribution in [0.5, 0.6) is 0 Å². The Morgan fingerprint density at radius 2 is 0.738 bits per heavy atom. The first-order valence-corrected chi connectivity index (χ1v) is 22.2. The fraction of sp³-hybridized carbons (Fsp3) is 0.0492. The van der Waals surface area contributed by atoms with E-state index in [1.807, 2.05) is 30.3 Å². The maximum absolute atomic E-state index is 5.48. The minimum Gasteiger partial charge on any atom is -0.246 e. The van der Waals surface area contributed by atoms with Crippen LogP contribution in [0.4, 0.5) is 0 Å². The molecule has 306 valence electrons. The number of benzene rings is 9. The second-order valence-electron chi connectivity index (χ2n) is 17.4. The molecule has 11 aromatic rings. The van der Waals surface area contributed by atoms with Crippen LogP contribution in [0, 0.1) is 0 Å². The molecule has 0 N–H and O–H groups in total. The van der Waals surface area contributed by atoms with Gasteiger partial charge >= 0.3 is 0 Å². The molecule has 2 heterocycles. The summed E-state index contributed by atoms with van der Waals surface area (Å²) in [6.07, 6.45) is 0. The molecule has 1 aliphatic carbocycles. The van der Waals surface area contributed by atoms with E-state index in [9.17, 15) is 0 Å². The average molecular weight is 831 g/mol. The summed E-state index contributed by atoms with van der Waals surface area (Å²) in [7, 11) is 0. The SMILES string of the molecule is CC1(C)c2ccccc2-c2ccc(-c3ccc(-c4nc(-c5ccccc5)nc(-c5ccc(-c6cccc7c6nc(-c6ccccc6)c6cccc(-c8ccccc8)c67)cc5)n4)cc3)cc21. The summed E-state index contributed by atoms with van der Waals surface area (Å²) in [6.45, 7) is 4.65. The molecule has 0 unspecified atom stereocenters. The van der Waals surface area contributed by atoms with E-state index in [-0.39, 0.29) is 5.41 Å². The van der Waals surface area contributed by atoms with Gasteiger partial charge in [0.2, 0.25) is 0 Å². The predicted octanol–water partition coefficient (Wildman–Crippen LogP) is 15.5. The van der Waals surface area contributed by atoms with Crippen molar-refractivity contribution < 1.29 is 0 Å². The maximum Gasteiger partial charge on any atom is 0.164 e. The first-order chi connectivity index (χ1) is 32.0. The second kappa shape index (κ2) is 15.5. The normalized spacial score (nSPS) is 12.6.